The molecule has 1 aliphatic carbocycles. The van der Waals surface area contributed by atoms with Gasteiger partial charge in [-0.05, 0) is 24.5 Å². The minimum Gasteiger partial charge on any atom is -0.386 e. The molecule has 6 heteroatoms. The number of halogens is 1. The molecule has 1 aliphatic rings. The van der Waals surface area contributed by atoms with E-state index in [1.807, 2.05) is 6.07 Å². The van der Waals surface area contributed by atoms with Crippen molar-refractivity contribution in [2.24, 2.45) is 5.92 Å². The molecule has 0 saturated heterocycles. The van der Waals surface area contributed by atoms with Crippen LogP contribution in [0.4, 0.5) is 0 Å². The van der Waals surface area contributed by atoms with Gasteiger partial charge in [0.05, 0.1) is 5.92 Å². The van der Waals surface area contributed by atoms with Crippen molar-refractivity contribution >= 4 is 22.2 Å². The summed E-state index contributed by atoms with van der Waals surface area (Å²) in [5.74, 6) is -1.02. The summed E-state index contributed by atoms with van der Waals surface area (Å²) in [4.78, 5) is 22.0. The molecule has 1 aromatic carbocycles. The lowest BCUT2D eigenvalue weighted by molar-refractivity contribution is -0.542. The van der Waals surface area contributed by atoms with Crippen molar-refractivity contribution < 1.29 is 14.8 Å². The second kappa shape index (κ2) is 5.79. The van der Waals surface area contributed by atoms with Crippen molar-refractivity contribution in [3.8, 4) is 0 Å². The molecule has 5 nitrogen and oxygen atoms in total. The fourth-order valence-electron chi connectivity index (χ4n) is 2.79. The van der Waals surface area contributed by atoms with Crippen molar-refractivity contribution in [2.45, 2.75) is 30.9 Å². The van der Waals surface area contributed by atoms with E-state index in [9.17, 15) is 20.0 Å². The number of carbonyl (C=O) groups is 1. The van der Waals surface area contributed by atoms with E-state index < -0.39 is 28.9 Å². The third kappa shape index (κ3) is 2.69. The standard InChI is InChI=1S/C13H14BrNO4/c14-10-4-2-1-3-9(10)12-8(7-16)5-6-11(17)13(12)15(18)19/h1-4,7-8,11-13,17H,5-6H2/t8-,11+,12-,13+/m0/s1. The molecule has 1 aromatic rings. The maximum Gasteiger partial charge on any atom is 0.246 e. The van der Waals surface area contributed by atoms with Crippen LogP contribution in [0.3, 0.4) is 0 Å². The van der Waals surface area contributed by atoms with Gasteiger partial charge in [0.2, 0.25) is 6.04 Å². The monoisotopic (exact) mass is 327 g/mol. The van der Waals surface area contributed by atoms with Crippen LogP contribution in [0.15, 0.2) is 28.7 Å². The molecule has 0 unspecified atom stereocenters. The molecule has 0 bridgehead atoms. The summed E-state index contributed by atoms with van der Waals surface area (Å²) >= 11 is 3.36. The van der Waals surface area contributed by atoms with Crippen LogP contribution in [0.1, 0.15) is 24.3 Å². The Morgan fingerprint density at radius 1 is 1.37 bits per heavy atom. The molecule has 19 heavy (non-hydrogen) atoms. The number of hydrogen-bond donors (Lipinski definition) is 1. The smallest absolute Gasteiger partial charge is 0.246 e. The Morgan fingerprint density at radius 3 is 2.63 bits per heavy atom. The Hall–Kier alpha value is -1.27. The Bertz CT molecular complexity index is 493. The van der Waals surface area contributed by atoms with Gasteiger partial charge in [-0.3, -0.25) is 10.1 Å². The van der Waals surface area contributed by atoms with E-state index >= 15 is 0 Å². The molecule has 0 aliphatic heterocycles. The average molecular weight is 328 g/mol. The van der Waals surface area contributed by atoms with E-state index in [2.05, 4.69) is 15.9 Å². The number of nitrogens with zero attached hydrogens (tertiary/aromatic N) is 1. The fourth-order valence-corrected chi connectivity index (χ4v) is 3.34. The molecular formula is C13H14BrNO4. The molecule has 0 spiro atoms. The fraction of sp³-hybridized carbons (Fsp3) is 0.462. The third-order valence-corrected chi connectivity index (χ3v) is 4.42. The van der Waals surface area contributed by atoms with Gasteiger partial charge in [0.15, 0.2) is 0 Å². The highest BCUT2D eigenvalue weighted by Crippen LogP contribution is 2.41. The van der Waals surface area contributed by atoms with Gasteiger partial charge < -0.3 is 9.90 Å². The first-order valence-corrected chi connectivity index (χ1v) is 6.87. The lowest BCUT2D eigenvalue weighted by atomic mass is 9.72. The van der Waals surface area contributed by atoms with Crippen LogP contribution in [-0.2, 0) is 4.79 Å². The molecule has 0 aromatic heterocycles. The highest BCUT2D eigenvalue weighted by molar-refractivity contribution is 9.10. The quantitative estimate of drug-likeness (QED) is 0.524. The second-order valence-corrected chi connectivity index (χ2v) is 5.62. The van der Waals surface area contributed by atoms with Gasteiger partial charge in [-0.25, -0.2) is 0 Å². The Kier molecular flexibility index (Phi) is 4.31. The summed E-state index contributed by atoms with van der Waals surface area (Å²) in [5.41, 5.74) is 0.708. The summed E-state index contributed by atoms with van der Waals surface area (Å²) in [6, 6.07) is 6.00. The minimum absolute atomic E-state index is 0.288. The number of carbonyl (C=O) groups excluding carboxylic acids is 1. The van der Waals surface area contributed by atoms with E-state index in [1.165, 1.54) is 0 Å². The number of benzene rings is 1. The number of nitro groups is 1. The first kappa shape index (κ1) is 14.1. The van der Waals surface area contributed by atoms with Gasteiger partial charge >= 0.3 is 0 Å². The van der Waals surface area contributed by atoms with Crippen LogP contribution in [0.25, 0.3) is 0 Å². The number of aliphatic hydroxyl groups is 1. The summed E-state index contributed by atoms with van der Waals surface area (Å²) in [6.45, 7) is 0. The van der Waals surface area contributed by atoms with Crippen LogP contribution in [0.5, 0.6) is 0 Å². The minimum atomic E-state index is -1.14. The number of aldehydes is 1. The van der Waals surface area contributed by atoms with Crippen LogP contribution in [0.2, 0.25) is 0 Å². The zero-order chi connectivity index (χ0) is 14.0. The van der Waals surface area contributed by atoms with Crippen molar-refractivity contribution in [2.75, 3.05) is 0 Å². The second-order valence-electron chi connectivity index (χ2n) is 4.77. The van der Waals surface area contributed by atoms with Crippen molar-refractivity contribution in [3.05, 3.63) is 44.4 Å². The van der Waals surface area contributed by atoms with Crippen LogP contribution >= 0.6 is 15.9 Å². The summed E-state index contributed by atoms with van der Waals surface area (Å²) in [7, 11) is 0. The molecule has 4 atom stereocenters. The summed E-state index contributed by atoms with van der Waals surface area (Å²) in [6.07, 6.45) is 0.520. The Labute approximate surface area is 118 Å². The molecule has 1 saturated carbocycles. The molecule has 0 radical (unpaired) electrons. The molecule has 0 amide bonds. The van der Waals surface area contributed by atoms with Crippen molar-refractivity contribution in [1.82, 2.24) is 0 Å². The third-order valence-electron chi connectivity index (χ3n) is 3.70. The van der Waals surface area contributed by atoms with Gasteiger partial charge in [0.1, 0.15) is 12.4 Å². The van der Waals surface area contributed by atoms with Crippen LogP contribution < -0.4 is 0 Å². The lowest BCUT2D eigenvalue weighted by Gasteiger charge is -2.34. The van der Waals surface area contributed by atoms with Gasteiger partial charge in [-0.2, -0.15) is 0 Å². The largest absolute Gasteiger partial charge is 0.386 e. The normalized spacial score (nSPS) is 30.8. The van der Waals surface area contributed by atoms with Gasteiger partial charge in [0, 0.05) is 15.3 Å². The molecule has 1 fully saturated rings. The topological polar surface area (TPSA) is 80.4 Å². The van der Waals surface area contributed by atoms with E-state index in [0.29, 0.717) is 12.0 Å². The van der Waals surface area contributed by atoms with E-state index in [4.69, 9.17) is 0 Å². The van der Waals surface area contributed by atoms with Gasteiger partial charge in [-0.15, -0.1) is 0 Å². The Morgan fingerprint density at radius 2 is 2.05 bits per heavy atom. The highest BCUT2D eigenvalue weighted by Gasteiger charge is 2.47. The molecular weight excluding hydrogens is 314 g/mol. The maximum absolute atomic E-state index is 11.2. The SMILES string of the molecule is O=C[C@@H]1CC[C@@H](O)[C@@H]([N+](=O)[O-])[C@@H]1c1ccccc1Br. The predicted octanol–water partition coefficient (Wildman–Crippen LogP) is 2.15. The lowest BCUT2D eigenvalue weighted by Crippen LogP contribution is -2.46. The zero-order valence-corrected chi connectivity index (χ0v) is 11.7. The summed E-state index contributed by atoms with van der Waals surface area (Å²) < 4.78 is 0.729. The highest BCUT2D eigenvalue weighted by atomic mass is 79.9. The van der Waals surface area contributed by atoms with E-state index in [1.54, 1.807) is 18.2 Å². The molecule has 0 heterocycles. The molecule has 102 valence electrons. The first-order chi connectivity index (χ1) is 9.06. The number of rotatable bonds is 3. The van der Waals surface area contributed by atoms with Gasteiger partial charge in [0.25, 0.3) is 0 Å². The summed E-state index contributed by atoms with van der Waals surface area (Å²) in [5, 5.41) is 21.1. The average Bonchev–Trinajstić information content (AvgIpc) is 2.38. The molecule has 2 rings (SSSR count). The maximum atomic E-state index is 11.2. The number of aliphatic hydroxyl groups excluding tert-OH is 1. The van der Waals surface area contributed by atoms with Crippen molar-refractivity contribution in [1.29, 1.82) is 0 Å². The predicted molar refractivity (Wildman–Crippen MR) is 72.5 cm³/mol. The zero-order valence-electron chi connectivity index (χ0n) is 10.1. The molecule has 1 N–H and O–H groups in total. The van der Waals surface area contributed by atoms with Crippen molar-refractivity contribution in [3.63, 3.8) is 0 Å². The Balaban J connectivity index is 2.48. The van der Waals surface area contributed by atoms with E-state index in [0.717, 1.165) is 10.8 Å². The van der Waals surface area contributed by atoms with Crippen LogP contribution in [-0.4, -0.2) is 28.5 Å². The number of hydrogen-bond acceptors (Lipinski definition) is 4. The van der Waals surface area contributed by atoms with Gasteiger partial charge in [-0.1, -0.05) is 34.1 Å². The van der Waals surface area contributed by atoms with Crippen LogP contribution in [0, 0.1) is 16.0 Å². The van der Waals surface area contributed by atoms with E-state index in [-0.39, 0.29) is 6.42 Å². The first-order valence-electron chi connectivity index (χ1n) is 6.07.